The minimum atomic E-state index is 0.391. The number of hydrogen-bond acceptors (Lipinski definition) is 4. The van der Waals surface area contributed by atoms with Gasteiger partial charge in [-0.2, -0.15) is 0 Å². The van der Waals surface area contributed by atoms with Crippen molar-refractivity contribution in [1.29, 1.82) is 0 Å². The van der Waals surface area contributed by atoms with Crippen LogP contribution in [-0.4, -0.2) is 11.5 Å². The molecule has 0 aliphatic heterocycles. The van der Waals surface area contributed by atoms with Crippen LogP contribution in [0.15, 0.2) is 22.6 Å². The second-order valence-electron chi connectivity index (χ2n) is 2.80. The smallest absolute Gasteiger partial charge is 0.298 e. The minimum absolute atomic E-state index is 0.391. The van der Waals surface area contributed by atoms with Gasteiger partial charge in [0.15, 0.2) is 11.5 Å². The zero-order chi connectivity index (χ0) is 9.97. The summed E-state index contributed by atoms with van der Waals surface area (Å²) < 4.78 is 10.1. The fourth-order valence-electron chi connectivity index (χ4n) is 1.24. The molecule has 0 N–H and O–H groups in total. The summed E-state index contributed by atoms with van der Waals surface area (Å²) in [6, 6.07) is 5.08. The van der Waals surface area contributed by atoms with Crippen molar-refractivity contribution in [3.63, 3.8) is 0 Å². The molecule has 1 aromatic carbocycles. The maximum absolute atomic E-state index is 10.1. The largest absolute Gasteiger partial charge is 0.441 e. The van der Waals surface area contributed by atoms with Crippen molar-refractivity contribution in [1.82, 2.24) is 4.98 Å². The molecule has 2 aromatic rings. The Morgan fingerprint density at radius 1 is 1.57 bits per heavy atom. The normalized spacial score (nSPS) is 10.4. The van der Waals surface area contributed by atoms with Gasteiger partial charge in [0.25, 0.3) is 6.47 Å². The number of rotatable bonds is 3. The molecule has 0 aliphatic carbocycles. The van der Waals surface area contributed by atoms with Gasteiger partial charge in [-0.15, -0.1) is 0 Å². The molecule has 0 spiro atoms. The molecular formula is C10H9NO3. The molecule has 0 saturated carbocycles. The fourth-order valence-corrected chi connectivity index (χ4v) is 1.24. The topological polar surface area (TPSA) is 52.3 Å². The first kappa shape index (κ1) is 8.74. The second kappa shape index (κ2) is 3.49. The summed E-state index contributed by atoms with van der Waals surface area (Å²) in [4.78, 5) is 14.3. The molecular weight excluding hydrogens is 182 g/mol. The molecule has 0 aliphatic rings. The molecule has 0 saturated heterocycles. The third-order valence-electron chi connectivity index (χ3n) is 1.89. The van der Waals surface area contributed by atoms with E-state index in [1.165, 1.54) is 0 Å². The van der Waals surface area contributed by atoms with Crippen molar-refractivity contribution in [3.8, 4) is 5.75 Å². The average Bonchev–Trinajstić information content (AvgIpc) is 2.60. The van der Waals surface area contributed by atoms with Crippen LogP contribution < -0.4 is 4.74 Å². The summed E-state index contributed by atoms with van der Waals surface area (Å²) in [7, 11) is 0. The third-order valence-corrected chi connectivity index (χ3v) is 1.89. The Hall–Kier alpha value is -1.84. The number of fused-ring (bicyclic) bond motifs is 1. The van der Waals surface area contributed by atoms with Gasteiger partial charge in [-0.1, -0.05) is 6.92 Å². The van der Waals surface area contributed by atoms with Crippen molar-refractivity contribution in [2.75, 3.05) is 0 Å². The van der Waals surface area contributed by atoms with E-state index in [2.05, 4.69) is 4.98 Å². The molecule has 4 nitrogen and oxygen atoms in total. The highest BCUT2D eigenvalue weighted by molar-refractivity contribution is 5.74. The van der Waals surface area contributed by atoms with E-state index < -0.39 is 0 Å². The van der Waals surface area contributed by atoms with Crippen LogP contribution in [0.4, 0.5) is 0 Å². The first-order valence-corrected chi connectivity index (χ1v) is 4.33. The van der Waals surface area contributed by atoms with E-state index in [1.807, 2.05) is 6.92 Å². The third kappa shape index (κ3) is 1.46. The van der Waals surface area contributed by atoms with Crippen molar-refractivity contribution >= 4 is 17.6 Å². The standard InChI is InChI=1S/C10H9NO3/c1-2-10-11-8-5-7(13-6-12)3-4-9(8)14-10/h3-6H,2H2,1H3. The summed E-state index contributed by atoms with van der Waals surface area (Å²) >= 11 is 0. The molecule has 1 heterocycles. The Morgan fingerprint density at radius 2 is 2.43 bits per heavy atom. The van der Waals surface area contributed by atoms with Crippen LogP contribution >= 0.6 is 0 Å². The lowest BCUT2D eigenvalue weighted by Crippen LogP contribution is -1.87. The van der Waals surface area contributed by atoms with Crippen LogP contribution in [0.3, 0.4) is 0 Å². The quantitative estimate of drug-likeness (QED) is 0.695. The molecule has 2 rings (SSSR count). The van der Waals surface area contributed by atoms with Gasteiger partial charge >= 0.3 is 0 Å². The SMILES string of the molecule is CCc1nc2cc(OC=O)ccc2o1. The minimum Gasteiger partial charge on any atom is -0.441 e. The first-order chi connectivity index (χ1) is 6.83. The number of carbonyl (C=O) groups excluding carboxylic acids is 1. The van der Waals surface area contributed by atoms with Crippen molar-refractivity contribution in [2.45, 2.75) is 13.3 Å². The molecule has 1 aromatic heterocycles. The van der Waals surface area contributed by atoms with E-state index in [4.69, 9.17) is 9.15 Å². The Labute approximate surface area is 80.5 Å². The lowest BCUT2D eigenvalue weighted by molar-refractivity contribution is -0.120. The lowest BCUT2D eigenvalue weighted by Gasteiger charge is -1.94. The molecule has 4 heteroatoms. The van der Waals surface area contributed by atoms with Gasteiger partial charge in [-0.05, 0) is 12.1 Å². The molecule has 0 radical (unpaired) electrons. The summed E-state index contributed by atoms with van der Waals surface area (Å²) in [5.74, 6) is 1.16. The molecule has 72 valence electrons. The van der Waals surface area contributed by atoms with Gasteiger partial charge in [0, 0.05) is 12.5 Å². The van der Waals surface area contributed by atoms with Crippen molar-refractivity contribution < 1.29 is 13.9 Å². The zero-order valence-electron chi connectivity index (χ0n) is 7.69. The van der Waals surface area contributed by atoms with E-state index in [0.717, 1.165) is 6.42 Å². The van der Waals surface area contributed by atoms with Gasteiger partial charge in [0.2, 0.25) is 0 Å². The van der Waals surface area contributed by atoms with E-state index in [-0.39, 0.29) is 0 Å². The number of aryl methyl sites for hydroxylation is 1. The molecule has 0 amide bonds. The summed E-state index contributed by atoms with van der Waals surface area (Å²) in [5, 5.41) is 0. The number of ether oxygens (including phenoxy) is 1. The molecule has 0 atom stereocenters. The first-order valence-electron chi connectivity index (χ1n) is 4.33. The molecule has 14 heavy (non-hydrogen) atoms. The van der Waals surface area contributed by atoms with E-state index in [9.17, 15) is 4.79 Å². The van der Waals surface area contributed by atoms with Gasteiger partial charge in [0.1, 0.15) is 11.3 Å². The van der Waals surface area contributed by atoms with E-state index >= 15 is 0 Å². The second-order valence-corrected chi connectivity index (χ2v) is 2.80. The van der Waals surface area contributed by atoms with Crippen LogP contribution in [0.1, 0.15) is 12.8 Å². The van der Waals surface area contributed by atoms with Gasteiger partial charge < -0.3 is 9.15 Å². The Bertz CT molecular complexity index is 461. The van der Waals surface area contributed by atoms with Gasteiger partial charge in [-0.25, -0.2) is 4.98 Å². The van der Waals surface area contributed by atoms with Crippen LogP contribution in [-0.2, 0) is 11.2 Å². The van der Waals surface area contributed by atoms with Crippen LogP contribution in [0.25, 0.3) is 11.1 Å². The Morgan fingerprint density at radius 3 is 3.14 bits per heavy atom. The number of aromatic nitrogens is 1. The zero-order valence-corrected chi connectivity index (χ0v) is 7.69. The van der Waals surface area contributed by atoms with Crippen LogP contribution in [0, 0.1) is 0 Å². The number of nitrogens with zero attached hydrogens (tertiary/aromatic N) is 1. The Kier molecular flexibility index (Phi) is 2.18. The fraction of sp³-hybridized carbons (Fsp3) is 0.200. The summed E-state index contributed by atoms with van der Waals surface area (Å²) in [6.45, 7) is 2.36. The Balaban J connectivity index is 2.48. The number of oxazole rings is 1. The highest BCUT2D eigenvalue weighted by Crippen LogP contribution is 2.21. The van der Waals surface area contributed by atoms with Crippen LogP contribution in [0.2, 0.25) is 0 Å². The molecule has 0 fully saturated rings. The summed E-state index contributed by atoms with van der Waals surface area (Å²) in [5.41, 5.74) is 1.42. The van der Waals surface area contributed by atoms with Crippen molar-refractivity contribution in [2.24, 2.45) is 0 Å². The predicted octanol–water partition coefficient (Wildman–Crippen LogP) is 1.93. The van der Waals surface area contributed by atoms with Gasteiger partial charge in [-0.3, -0.25) is 4.79 Å². The number of benzene rings is 1. The van der Waals surface area contributed by atoms with Gasteiger partial charge in [0.05, 0.1) is 0 Å². The molecule has 0 bridgehead atoms. The lowest BCUT2D eigenvalue weighted by atomic mass is 10.3. The highest BCUT2D eigenvalue weighted by Gasteiger charge is 2.04. The average molecular weight is 191 g/mol. The monoisotopic (exact) mass is 191 g/mol. The maximum atomic E-state index is 10.1. The van der Waals surface area contributed by atoms with Crippen LogP contribution in [0.5, 0.6) is 5.75 Å². The van der Waals surface area contributed by atoms with E-state index in [1.54, 1.807) is 18.2 Å². The summed E-state index contributed by atoms with van der Waals surface area (Å²) in [6.07, 6.45) is 0.749. The maximum Gasteiger partial charge on any atom is 0.298 e. The number of hydrogen-bond donors (Lipinski definition) is 0. The van der Waals surface area contributed by atoms with Crippen molar-refractivity contribution in [3.05, 3.63) is 24.1 Å². The number of carbonyl (C=O) groups is 1. The van der Waals surface area contributed by atoms with E-state index in [0.29, 0.717) is 29.2 Å². The predicted molar refractivity (Wildman–Crippen MR) is 50.1 cm³/mol. The molecule has 0 unspecified atom stereocenters. The highest BCUT2D eigenvalue weighted by atomic mass is 16.5.